The minimum atomic E-state index is 0.0417. The molecule has 1 amide bonds. The van der Waals surface area contributed by atoms with Crippen LogP contribution in [0, 0.1) is 0 Å². The predicted molar refractivity (Wildman–Crippen MR) is 145 cm³/mol. The molecule has 2 aliphatic rings. The molecule has 5 rings (SSSR count). The summed E-state index contributed by atoms with van der Waals surface area (Å²) in [7, 11) is 0. The van der Waals surface area contributed by atoms with Crippen LogP contribution < -0.4 is 10.6 Å². The molecule has 35 heavy (non-hydrogen) atoms. The Morgan fingerprint density at radius 1 is 0.857 bits per heavy atom. The summed E-state index contributed by atoms with van der Waals surface area (Å²) in [6.45, 7) is 0.941. The van der Waals surface area contributed by atoms with E-state index in [4.69, 9.17) is 34.8 Å². The number of para-hydroxylation sites is 2. The zero-order valence-corrected chi connectivity index (χ0v) is 21.6. The summed E-state index contributed by atoms with van der Waals surface area (Å²) in [5.41, 5.74) is 3.67. The van der Waals surface area contributed by atoms with Gasteiger partial charge in [-0.15, -0.1) is 0 Å². The highest BCUT2D eigenvalue weighted by Gasteiger charge is 2.40. The van der Waals surface area contributed by atoms with Gasteiger partial charge in [-0.05, 0) is 67.1 Å². The summed E-state index contributed by atoms with van der Waals surface area (Å²) in [5.74, 6) is 0.0417. The number of nitrogens with one attached hydrogen (secondary N) is 2. The van der Waals surface area contributed by atoms with Crippen molar-refractivity contribution in [3.8, 4) is 0 Å². The van der Waals surface area contributed by atoms with E-state index in [2.05, 4.69) is 27.7 Å². The zero-order valence-electron chi connectivity index (χ0n) is 19.3. The van der Waals surface area contributed by atoms with Gasteiger partial charge in [-0.2, -0.15) is 0 Å². The lowest BCUT2D eigenvalue weighted by Gasteiger charge is -2.39. The number of carbonyl (C=O) groups is 1. The maximum Gasteiger partial charge on any atom is 0.224 e. The first-order valence-electron chi connectivity index (χ1n) is 12.0. The number of hydrogen-bond acceptors (Lipinski definition) is 3. The van der Waals surface area contributed by atoms with Crippen LogP contribution in [-0.4, -0.2) is 28.9 Å². The molecule has 2 aliphatic heterocycles. The number of anilines is 2. The normalized spacial score (nSPS) is 21.6. The molecule has 2 N–H and O–H groups in total. The number of amides is 1. The van der Waals surface area contributed by atoms with Gasteiger partial charge < -0.3 is 10.6 Å². The smallest absolute Gasteiger partial charge is 0.224 e. The van der Waals surface area contributed by atoms with Crippen LogP contribution in [0.1, 0.15) is 36.8 Å². The van der Waals surface area contributed by atoms with Crippen LogP contribution in [0.25, 0.3) is 0 Å². The number of nitrogens with zero attached hydrogens (tertiary/aromatic N) is 1. The van der Waals surface area contributed by atoms with Gasteiger partial charge in [0.05, 0.1) is 22.2 Å². The highest BCUT2D eigenvalue weighted by molar-refractivity contribution is 6.39. The molecule has 2 heterocycles. The summed E-state index contributed by atoms with van der Waals surface area (Å²) < 4.78 is 0. The average Bonchev–Trinajstić information content (AvgIpc) is 3.06. The van der Waals surface area contributed by atoms with Gasteiger partial charge in [-0.1, -0.05) is 71.2 Å². The molecule has 3 aromatic carbocycles. The Morgan fingerprint density at radius 2 is 1.51 bits per heavy atom. The van der Waals surface area contributed by atoms with E-state index in [-0.39, 0.29) is 11.9 Å². The molecule has 0 unspecified atom stereocenters. The molecule has 2 fully saturated rings. The Morgan fingerprint density at radius 3 is 2.20 bits per heavy atom. The average molecular weight is 529 g/mol. The lowest BCUT2D eigenvalue weighted by Crippen LogP contribution is -2.50. The Balaban J connectivity index is 1.20. The monoisotopic (exact) mass is 527 g/mol. The lowest BCUT2D eigenvalue weighted by molar-refractivity contribution is -0.121. The highest BCUT2D eigenvalue weighted by atomic mass is 35.5. The maximum atomic E-state index is 13.0. The van der Waals surface area contributed by atoms with Gasteiger partial charge in [0.1, 0.15) is 0 Å². The highest BCUT2D eigenvalue weighted by Crippen LogP contribution is 2.37. The van der Waals surface area contributed by atoms with Crippen LogP contribution in [0.3, 0.4) is 0 Å². The van der Waals surface area contributed by atoms with Crippen LogP contribution in [0.4, 0.5) is 11.4 Å². The molecule has 0 radical (unpaired) electrons. The second-order valence-corrected chi connectivity index (χ2v) is 10.7. The van der Waals surface area contributed by atoms with Gasteiger partial charge >= 0.3 is 0 Å². The van der Waals surface area contributed by atoms with Crippen molar-refractivity contribution in [1.82, 2.24) is 10.2 Å². The molecule has 2 atom stereocenters. The number of rotatable bonds is 7. The Bertz CT molecular complexity index is 1170. The van der Waals surface area contributed by atoms with Gasteiger partial charge in [-0.25, -0.2) is 0 Å². The summed E-state index contributed by atoms with van der Waals surface area (Å²) in [4.78, 5) is 15.6. The summed E-state index contributed by atoms with van der Waals surface area (Å²) >= 11 is 18.7. The van der Waals surface area contributed by atoms with Crippen LogP contribution >= 0.6 is 34.8 Å². The van der Waals surface area contributed by atoms with E-state index in [0.29, 0.717) is 34.2 Å². The topological polar surface area (TPSA) is 44.4 Å². The lowest BCUT2D eigenvalue weighted by atomic mass is 9.96. The van der Waals surface area contributed by atoms with E-state index in [0.717, 1.165) is 35.7 Å². The first-order valence-corrected chi connectivity index (χ1v) is 13.2. The van der Waals surface area contributed by atoms with E-state index >= 15 is 0 Å². The number of halogens is 3. The van der Waals surface area contributed by atoms with Crippen LogP contribution in [0.15, 0.2) is 66.7 Å². The molecular formula is C28H28Cl3N3O. The minimum absolute atomic E-state index is 0.0417. The fourth-order valence-corrected chi connectivity index (χ4v) is 6.07. The molecule has 2 saturated heterocycles. The van der Waals surface area contributed by atoms with Gasteiger partial charge in [0.2, 0.25) is 5.91 Å². The Labute approximate surface area is 221 Å². The largest absolute Gasteiger partial charge is 0.353 e. The first kappa shape index (κ1) is 24.5. The summed E-state index contributed by atoms with van der Waals surface area (Å²) in [6, 6.07) is 22.5. The standard InChI is InChI=1S/C28H28Cl3N3O/c29-20-10-8-18(9-11-20)17-34-22-12-13-23(34)16-21(15-22)32-27(35)14-19-4-1-2-7-26(19)33-28-24(30)5-3-6-25(28)31/h1-11,21-23,33H,12-17H2,(H,32,35)/t22-,23-/m1/s1. The van der Waals surface area contributed by atoms with Crippen molar-refractivity contribution in [3.63, 3.8) is 0 Å². The molecule has 0 spiro atoms. The van der Waals surface area contributed by atoms with Crippen molar-refractivity contribution < 1.29 is 4.79 Å². The van der Waals surface area contributed by atoms with Crippen LogP contribution in [-0.2, 0) is 17.8 Å². The van der Waals surface area contributed by atoms with Gasteiger partial charge in [0, 0.05) is 35.4 Å². The molecule has 7 heteroatoms. The number of piperidine rings is 1. The first-order chi connectivity index (χ1) is 17.0. The third-order valence-corrected chi connectivity index (χ3v) is 8.00. The quantitative estimate of drug-likeness (QED) is 0.340. The molecule has 3 aromatic rings. The van der Waals surface area contributed by atoms with E-state index in [1.165, 1.54) is 18.4 Å². The number of fused-ring (bicyclic) bond motifs is 2. The van der Waals surface area contributed by atoms with Crippen molar-refractivity contribution in [2.24, 2.45) is 0 Å². The van der Waals surface area contributed by atoms with Crippen molar-refractivity contribution in [2.45, 2.75) is 56.8 Å². The van der Waals surface area contributed by atoms with Crippen molar-refractivity contribution in [1.29, 1.82) is 0 Å². The molecule has 0 aliphatic carbocycles. The van der Waals surface area contributed by atoms with Gasteiger partial charge in [0.15, 0.2) is 0 Å². The van der Waals surface area contributed by atoms with E-state index in [1.54, 1.807) is 12.1 Å². The molecule has 0 saturated carbocycles. The second kappa shape index (κ2) is 10.8. The Kier molecular flexibility index (Phi) is 7.54. The molecular weight excluding hydrogens is 501 g/mol. The Hall–Kier alpha value is -2.24. The van der Waals surface area contributed by atoms with E-state index in [9.17, 15) is 4.79 Å². The summed E-state index contributed by atoms with van der Waals surface area (Å²) in [5, 5.41) is 8.47. The van der Waals surface area contributed by atoms with Gasteiger partial charge in [0.25, 0.3) is 0 Å². The van der Waals surface area contributed by atoms with Crippen LogP contribution in [0.5, 0.6) is 0 Å². The van der Waals surface area contributed by atoms with Crippen LogP contribution in [0.2, 0.25) is 15.1 Å². The SMILES string of the molecule is O=C(Cc1ccccc1Nc1c(Cl)cccc1Cl)NC1C[C@H]2CC[C@H](C1)N2Cc1ccc(Cl)cc1. The zero-order chi connectivity index (χ0) is 24.4. The van der Waals surface area contributed by atoms with Crippen molar-refractivity contribution >= 4 is 52.1 Å². The van der Waals surface area contributed by atoms with E-state index < -0.39 is 0 Å². The molecule has 4 nitrogen and oxygen atoms in total. The summed E-state index contributed by atoms with van der Waals surface area (Å²) in [6.07, 6.45) is 4.66. The number of hydrogen-bond donors (Lipinski definition) is 2. The molecule has 2 bridgehead atoms. The third kappa shape index (κ3) is 5.78. The molecule has 182 valence electrons. The number of carbonyl (C=O) groups excluding carboxylic acids is 1. The second-order valence-electron chi connectivity index (χ2n) is 9.48. The maximum absolute atomic E-state index is 13.0. The fraction of sp³-hybridized carbons (Fsp3) is 0.321. The van der Waals surface area contributed by atoms with Gasteiger partial charge in [-0.3, -0.25) is 9.69 Å². The minimum Gasteiger partial charge on any atom is -0.353 e. The van der Waals surface area contributed by atoms with E-state index in [1.807, 2.05) is 42.5 Å². The van der Waals surface area contributed by atoms with Crippen molar-refractivity contribution in [3.05, 3.63) is 92.9 Å². The molecule has 0 aromatic heterocycles. The number of benzene rings is 3. The van der Waals surface area contributed by atoms with Crippen molar-refractivity contribution in [2.75, 3.05) is 5.32 Å². The predicted octanol–water partition coefficient (Wildman–Crippen LogP) is 7.24. The third-order valence-electron chi connectivity index (χ3n) is 7.12. The fourth-order valence-electron chi connectivity index (χ4n) is 5.45.